The molecule has 0 fully saturated rings. The number of allylic oxidation sites excluding steroid dienone is 3. The standard InChI is InChI=1S/C25H29N7O3S/c26-18(13-14-20(27)29-24(35)23(34)17-8-2-1-3-9-17)10-4-5-12-22-31-32-25(36-22)30-21(33)16-19-11-6-7-15-28-19/h1-3,6-9,11,13-15,23,34H,4-5,10,12,16,26-27H2,(H,29,35)(H,30,32,33)/b18-13-,20-14+. The van der Waals surface area contributed by atoms with E-state index in [-0.39, 0.29) is 18.1 Å². The lowest BCUT2D eigenvalue weighted by atomic mass is 10.1. The summed E-state index contributed by atoms with van der Waals surface area (Å²) >= 11 is 1.34. The van der Waals surface area contributed by atoms with Gasteiger partial charge in [0, 0.05) is 24.0 Å². The zero-order chi connectivity index (χ0) is 25.8. The van der Waals surface area contributed by atoms with Gasteiger partial charge in [-0.2, -0.15) is 0 Å². The van der Waals surface area contributed by atoms with E-state index in [1.165, 1.54) is 17.4 Å². The topological polar surface area (TPSA) is 169 Å². The number of aromatic nitrogens is 3. The normalized spacial score (nSPS) is 12.7. The molecule has 1 aromatic carbocycles. The highest BCUT2D eigenvalue weighted by molar-refractivity contribution is 7.15. The number of carbonyl (C=O) groups excluding carboxylic acids is 2. The molecular formula is C25H29N7O3S. The molecule has 0 bridgehead atoms. The maximum Gasteiger partial charge on any atom is 0.258 e. The molecule has 0 aliphatic rings. The number of aliphatic hydroxyl groups is 1. The number of rotatable bonds is 12. The summed E-state index contributed by atoms with van der Waals surface area (Å²) in [6.07, 6.45) is 6.64. The van der Waals surface area contributed by atoms with Gasteiger partial charge in [0.2, 0.25) is 11.0 Å². The largest absolute Gasteiger partial charge is 0.402 e. The van der Waals surface area contributed by atoms with Gasteiger partial charge in [-0.15, -0.1) is 10.2 Å². The molecule has 7 N–H and O–H groups in total. The molecule has 10 nitrogen and oxygen atoms in total. The highest BCUT2D eigenvalue weighted by atomic mass is 32.1. The second-order valence-corrected chi connectivity index (χ2v) is 8.98. The first-order valence-electron chi connectivity index (χ1n) is 11.4. The Morgan fingerprint density at radius 2 is 1.81 bits per heavy atom. The minimum atomic E-state index is -1.31. The predicted octanol–water partition coefficient (Wildman–Crippen LogP) is 2.32. The van der Waals surface area contributed by atoms with E-state index >= 15 is 0 Å². The number of pyridine rings is 1. The van der Waals surface area contributed by atoms with Gasteiger partial charge in [0.05, 0.1) is 6.42 Å². The molecular weight excluding hydrogens is 478 g/mol. The Hall–Kier alpha value is -4.09. The van der Waals surface area contributed by atoms with Crippen molar-refractivity contribution in [2.24, 2.45) is 11.5 Å². The van der Waals surface area contributed by atoms with Gasteiger partial charge in [0.15, 0.2) is 6.10 Å². The highest BCUT2D eigenvalue weighted by Crippen LogP contribution is 2.18. The fourth-order valence-corrected chi connectivity index (χ4v) is 3.96. The molecule has 2 aromatic heterocycles. The second kappa shape index (κ2) is 13.7. The van der Waals surface area contributed by atoms with Crippen LogP contribution in [0.1, 0.15) is 41.6 Å². The molecule has 1 atom stereocenters. The van der Waals surface area contributed by atoms with Gasteiger partial charge in [0.1, 0.15) is 10.8 Å². The summed E-state index contributed by atoms with van der Waals surface area (Å²) in [5.74, 6) is -0.719. The number of anilines is 1. The van der Waals surface area contributed by atoms with Crippen molar-refractivity contribution < 1.29 is 14.7 Å². The Balaban J connectivity index is 1.36. The van der Waals surface area contributed by atoms with Crippen molar-refractivity contribution in [3.8, 4) is 0 Å². The lowest BCUT2D eigenvalue weighted by Crippen LogP contribution is -2.32. The van der Waals surface area contributed by atoms with Crippen LogP contribution in [0.3, 0.4) is 0 Å². The van der Waals surface area contributed by atoms with E-state index in [1.54, 1.807) is 54.7 Å². The molecule has 1 unspecified atom stereocenters. The lowest BCUT2D eigenvalue weighted by molar-refractivity contribution is -0.128. The summed E-state index contributed by atoms with van der Waals surface area (Å²) in [6.45, 7) is 0. The number of hydrogen-bond donors (Lipinski definition) is 5. The first-order valence-corrected chi connectivity index (χ1v) is 12.2. The average molecular weight is 508 g/mol. The minimum Gasteiger partial charge on any atom is -0.402 e. The molecule has 0 spiro atoms. The Morgan fingerprint density at radius 3 is 2.56 bits per heavy atom. The van der Waals surface area contributed by atoms with E-state index in [9.17, 15) is 14.7 Å². The second-order valence-electron chi connectivity index (χ2n) is 7.92. The summed E-state index contributed by atoms with van der Waals surface area (Å²) in [7, 11) is 0. The Labute approximate surface area is 213 Å². The van der Waals surface area contributed by atoms with Crippen molar-refractivity contribution in [2.45, 2.75) is 38.2 Å². The van der Waals surface area contributed by atoms with Crippen LogP contribution in [0.4, 0.5) is 5.13 Å². The zero-order valence-corrected chi connectivity index (χ0v) is 20.4. The van der Waals surface area contributed by atoms with Crippen LogP contribution in [0.5, 0.6) is 0 Å². The van der Waals surface area contributed by atoms with Gasteiger partial charge in [-0.3, -0.25) is 14.6 Å². The van der Waals surface area contributed by atoms with E-state index in [4.69, 9.17) is 11.5 Å². The van der Waals surface area contributed by atoms with Crippen LogP contribution < -0.4 is 22.1 Å². The van der Waals surface area contributed by atoms with E-state index in [1.807, 2.05) is 6.07 Å². The molecule has 0 aliphatic carbocycles. The number of carbonyl (C=O) groups is 2. The van der Waals surface area contributed by atoms with Gasteiger partial charge in [-0.1, -0.05) is 47.7 Å². The van der Waals surface area contributed by atoms with Gasteiger partial charge >= 0.3 is 0 Å². The SMILES string of the molecule is N/C(=C\C=C(/N)NC(=O)C(O)c1ccccc1)CCCCc1nnc(NC(=O)Cc2ccccn2)s1. The van der Waals surface area contributed by atoms with Crippen LogP contribution in [0.2, 0.25) is 0 Å². The summed E-state index contributed by atoms with van der Waals surface area (Å²) in [5, 5.41) is 24.7. The molecule has 0 saturated carbocycles. The predicted molar refractivity (Wildman–Crippen MR) is 138 cm³/mol. The van der Waals surface area contributed by atoms with Crippen LogP contribution >= 0.6 is 11.3 Å². The lowest BCUT2D eigenvalue weighted by Gasteiger charge is -2.11. The number of amides is 2. The molecule has 2 amide bonds. The molecule has 3 rings (SSSR count). The van der Waals surface area contributed by atoms with E-state index in [0.717, 1.165) is 17.8 Å². The Kier molecular flexibility index (Phi) is 10.1. The van der Waals surface area contributed by atoms with Crippen molar-refractivity contribution in [3.05, 3.63) is 94.7 Å². The van der Waals surface area contributed by atoms with Gasteiger partial charge < -0.3 is 27.2 Å². The number of benzene rings is 1. The summed E-state index contributed by atoms with van der Waals surface area (Å²) in [5.41, 5.74) is 13.6. The number of unbranched alkanes of at least 4 members (excludes halogenated alkanes) is 1. The molecule has 0 aliphatic heterocycles. The highest BCUT2D eigenvalue weighted by Gasteiger charge is 2.17. The number of hydrogen-bond acceptors (Lipinski definition) is 9. The number of aliphatic hydroxyl groups excluding tert-OH is 1. The number of aryl methyl sites for hydroxylation is 1. The van der Waals surface area contributed by atoms with E-state index < -0.39 is 12.0 Å². The third-order valence-corrected chi connectivity index (χ3v) is 5.89. The third-order valence-electron chi connectivity index (χ3n) is 5.00. The number of nitrogens with zero attached hydrogens (tertiary/aromatic N) is 3. The van der Waals surface area contributed by atoms with Crippen molar-refractivity contribution >= 4 is 28.3 Å². The first kappa shape index (κ1) is 26.5. The van der Waals surface area contributed by atoms with Crippen molar-refractivity contribution in [2.75, 3.05) is 5.32 Å². The van der Waals surface area contributed by atoms with Gasteiger partial charge in [0.25, 0.3) is 5.91 Å². The average Bonchev–Trinajstić information content (AvgIpc) is 3.32. The Bertz CT molecular complexity index is 1200. The molecule has 36 heavy (non-hydrogen) atoms. The van der Waals surface area contributed by atoms with E-state index in [2.05, 4.69) is 25.8 Å². The van der Waals surface area contributed by atoms with Crippen LogP contribution in [0.25, 0.3) is 0 Å². The molecule has 0 radical (unpaired) electrons. The maximum absolute atomic E-state index is 12.1. The van der Waals surface area contributed by atoms with Crippen LogP contribution in [-0.4, -0.2) is 32.1 Å². The number of nitrogens with two attached hydrogens (primary N) is 2. The fraction of sp³-hybridized carbons (Fsp3) is 0.240. The third kappa shape index (κ3) is 8.93. The fourth-order valence-electron chi connectivity index (χ4n) is 3.16. The van der Waals surface area contributed by atoms with Crippen molar-refractivity contribution in [1.29, 1.82) is 0 Å². The molecule has 2 heterocycles. The van der Waals surface area contributed by atoms with Crippen LogP contribution in [0, 0.1) is 0 Å². The quantitative estimate of drug-likeness (QED) is 0.184. The van der Waals surface area contributed by atoms with Gasteiger partial charge in [-0.25, -0.2) is 0 Å². The molecule has 3 aromatic rings. The minimum absolute atomic E-state index is 0.0874. The van der Waals surface area contributed by atoms with Crippen molar-refractivity contribution in [3.63, 3.8) is 0 Å². The molecule has 11 heteroatoms. The zero-order valence-electron chi connectivity index (χ0n) is 19.6. The van der Waals surface area contributed by atoms with Crippen LogP contribution in [0.15, 0.2) is 78.4 Å². The smallest absolute Gasteiger partial charge is 0.258 e. The monoisotopic (exact) mass is 507 g/mol. The first-order chi connectivity index (χ1) is 17.4. The van der Waals surface area contributed by atoms with Gasteiger partial charge in [-0.05, 0) is 49.1 Å². The number of nitrogens with one attached hydrogen (secondary N) is 2. The van der Waals surface area contributed by atoms with Crippen molar-refractivity contribution in [1.82, 2.24) is 20.5 Å². The van der Waals surface area contributed by atoms with E-state index in [0.29, 0.717) is 34.9 Å². The summed E-state index contributed by atoms with van der Waals surface area (Å²) in [6, 6.07) is 14.0. The molecule has 188 valence electrons. The van der Waals surface area contributed by atoms with Crippen LogP contribution in [-0.2, 0) is 22.4 Å². The Morgan fingerprint density at radius 1 is 1.03 bits per heavy atom. The molecule has 0 saturated heterocycles. The summed E-state index contributed by atoms with van der Waals surface area (Å²) < 4.78 is 0. The maximum atomic E-state index is 12.1. The summed E-state index contributed by atoms with van der Waals surface area (Å²) in [4.78, 5) is 28.4.